The van der Waals surface area contributed by atoms with Gasteiger partial charge in [-0.3, -0.25) is 0 Å². The zero-order valence-corrected chi connectivity index (χ0v) is 15.5. The summed E-state index contributed by atoms with van der Waals surface area (Å²) < 4.78 is 17.1. The van der Waals surface area contributed by atoms with Crippen LogP contribution in [0.25, 0.3) is 0 Å². The number of halogens is 1. The Balaban J connectivity index is 2.25. The number of hydrogen-bond donors (Lipinski definition) is 0. The first kappa shape index (κ1) is 17.0. The van der Waals surface area contributed by atoms with Crippen LogP contribution in [0, 0.1) is 0 Å². The first-order valence-corrected chi connectivity index (χ1v) is 9.53. The lowest BCUT2D eigenvalue weighted by molar-refractivity contribution is 0.443. The first-order valence-electron chi connectivity index (χ1n) is 7.63. The van der Waals surface area contributed by atoms with E-state index in [-0.39, 0.29) is 4.75 Å². The quantitative estimate of drug-likeness (QED) is 0.520. The fourth-order valence-corrected chi connectivity index (χ4v) is 3.61. The fraction of sp³-hybridized carbons (Fsp3) is 0.588. The summed E-state index contributed by atoms with van der Waals surface area (Å²) in [6.07, 6.45) is 8.28. The van der Waals surface area contributed by atoms with Gasteiger partial charge in [0.05, 0.1) is 6.21 Å². The Morgan fingerprint density at radius 1 is 1.24 bits per heavy atom. The molecule has 0 radical (unpaired) electrons. The van der Waals surface area contributed by atoms with Crippen molar-refractivity contribution in [1.29, 1.82) is 0 Å². The highest BCUT2D eigenvalue weighted by molar-refractivity contribution is 9.10. The van der Waals surface area contributed by atoms with E-state index in [9.17, 15) is 4.55 Å². The first-order chi connectivity index (χ1) is 9.88. The Kier molecular flexibility index (Phi) is 5.92. The minimum atomic E-state index is -1.20. The molecule has 1 saturated carbocycles. The number of benzene rings is 1. The second-order valence-corrected chi connectivity index (χ2v) is 9.55. The predicted octanol–water partition coefficient (Wildman–Crippen LogP) is 5.38. The molecule has 0 aromatic heterocycles. The highest BCUT2D eigenvalue weighted by Gasteiger charge is 2.26. The predicted molar refractivity (Wildman–Crippen MR) is 95.5 cm³/mol. The molecule has 1 atom stereocenters. The van der Waals surface area contributed by atoms with Gasteiger partial charge in [0.25, 0.3) is 0 Å². The maximum absolute atomic E-state index is 12.1. The van der Waals surface area contributed by atoms with Crippen molar-refractivity contribution in [3.8, 4) is 0 Å². The van der Waals surface area contributed by atoms with E-state index >= 15 is 0 Å². The van der Waals surface area contributed by atoms with E-state index in [1.807, 2.05) is 20.8 Å². The van der Waals surface area contributed by atoms with Crippen LogP contribution >= 0.6 is 15.9 Å². The minimum absolute atomic E-state index is 0.312. The van der Waals surface area contributed by atoms with Crippen molar-refractivity contribution in [2.75, 3.05) is 0 Å². The molecule has 116 valence electrons. The summed E-state index contributed by atoms with van der Waals surface area (Å²) in [4.78, 5) is 0. The van der Waals surface area contributed by atoms with E-state index in [1.165, 1.54) is 37.7 Å². The summed E-state index contributed by atoms with van der Waals surface area (Å²) in [5.74, 6) is 0.622. The summed E-state index contributed by atoms with van der Waals surface area (Å²) in [6, 6.07) is 6.39. The molecule has 0 heterocycles. The second-order valence-electron chi connectivity index (χ2n) is 6.70. The fourth-order valence-electron chi connectivity index (χ4n) is 2.71. The minimum Gasteiger partial charge on any atom is -0.591 e. The molecular weight excluding hydrogens is 346 g/mol. The van der Waals surface area contributed by atoms with Crippen molar-refractivity contribution < 1.29 is 4.55 Å². The number of rotatable bonds is 3. The topological polar surface area (TPSA) is 35.4 Å². The molecular formula is C17H24BrNOS. The molecule has 0 bridgehead atoms. The van der Waals surface area contributed by atoms with Gasteiger partial charge in [-0.15, -0.1) is 0 Å². The summed E-state index contributed by atoms with van der Waals surface area (Å²) in [5.41, 5.74) is 2.46. The zero-order chi connectivity index (χ0) is 15.5. The van der Waals surface area contributed by atoms with Crippen molar-refractivity contribution in [3.05, 3.63) is 33.8 Å². The third-order valence-electron chi connectivity index (χ3n) is 3.91. The van der Waals surface area contributed by atoms with Crippen LogP contribution < -0.4 is 0 Å². The molecule has 4 heteroatoms. The maximum Gasteiger partial charge on any atom is 0.144 e. The van der Waals surface area contributed by atoms with Crippen molar-refractivity contribution in [2.24, 2.45) is 4.40 Å². The van der Waals surface area contributed by atoms with E-state index in [0.29, 0.717) is 5.92 Å². The molecule has 0 aliphatic heterocycles. The molecule has 1 fully saturated rings. The standard InChI is InChI=1S/C17H24BrNOS/c1-17(2,3)21(20)19-12-14-11-15(18)9-10-16(14)13-7-5-4-6-8-13/h9-13H,4-8H2,1-3H3. The normalized spacial score (nSPS) is 19.1. The van der Waals surface area contributed by atoms with Gasteiger partial charge < -0.3 is 4.55 Å². The Hall–Kier alpha value is -0.320. The van der Waals surface area contributed by atoms with Crippen LogP contribution in [0.15, 0.2) is 27.1 Å². The molecule has 1 aromatic carbocycles. The molecule has 1 unspecified atom stereocenters. The van der Waals surface area contributed by atoms with Crippen LogP contribution in [-0.2, 0) is 11.4 Å². The van der Waals surface area contributed by atoms with Gasteiger partial charge in [0.1, 0.15) is 16.1 Å². The Morgan fingerprint density at radius 2 is 1.90 bits per heavy atom. The summed E-state index contributed by atoms with van der Waals surface area (Å²) in [6.45, 7) is 5.84. The van der Waals surface area contributed by atoms with Crippen molar-refractivity contribution in [1.82, 2.24) is 0 Å². The van der Waals surface area contributed by atoms with Gasteiger partial charge in [0.15, 0.2) is 0 Å². The van der Waals surface area contributed by atoms with Crippen LogP contribution in [0.3, 0.4) is 0 Å². The lowest BCUT2D eigenvalue weighted by atomic mass is 9.82. The van der Waals surface area contributed by atoms with Gasteiger partial charge in [-0.05, 0) is 57.2 Å². The van der Waals surface area contributed by atoms with Gasteiger partial charge in [-0.2, -0.15) is 0 Å². The van der Waals surface area contributed by atoms with E-state index in [1.54, 1.807) is 6.21 Å². The van der Waals surface area contributed by atoms with Gasteiger partial charge in [0.2, 0.25) is 0 Å². The Bertz CT molecular complexity index is 504. The lowest BCUT2D eigenvalue weighted by Crippen LogP contribution is -2.25. The zero-order valence-electron chi connectivity index (χ0n) is 13.1. The van der Waals surface area contributed by atoms with E-state index in [0.717, 1.165) is 10.0 Å². The molecule has 0 amide bonds. The Labute approximate surface area is 139 Å². The average molecular weight is 370 g/mol. The third-order valence-corrected chi connectivity index (χ3v) is 5.74. The average Bonchev–Trinajstić information content (AvgIpc) is 2.44. The van der Waals surface area contributed by atoms with Crippen LogP contribution in [-0.4, -0.2) is 15.5 Å². The second kappa shape index (κ2) is 7.30. The van der Waals surface area contributed by atoms with Gasteiger partial charge in [-0.1, -0.05) is 45.7 Å². The van der Waals surface area contributed by atoms with E-state index in [2.05, 4.69) is 38.5 Å². The molecule has 1 aliphatic rings. The largest absolute Gasteiger partial charge is 0.591 e. The van der Waals surface area contributed by atoms with Crippen LogP contribution in [0.5, 0.6) is 0 Å². The van der Waals surface area contributed by atoms with E-state index in [4.69, 9.17) is 0 Å². The van der Waals surface area contributed by atoms with Gasteiger partial charge in [-0.25, -0.2) is 0 Å². The summed E-state index contributed by atoms with van der Waals surface area (Å²) >= 11 is 2.33. The van der Waals surface area contributed by atoms with Gasteiger partial charge >= 0.3 is 0 Å². The molecule has 0 spiro atoms. The molecule has 2 rings (SSSR count). The number of nitrogens with zero attached hydrogens (tertiary/aromatic N) is 1. The molecule has 21 heavy (non-hydrogen) atoms. The van der Waals surface area contributed by atoms with Crippen LogP contribution in [0.2, 0.25) is 0 Å². The van der Waals surface area contributed by atoms with E-state index < -0.39 is 11.4 Å². The highest BCUT2D eigenvalue weighted by Crippen LogP contribution is 2.35. The van der Waals surface area contributed by atoms with Crippen LogP contribution in [0.1, 0.15) is 69.9 Å². The summed E-state index contributed by atoms with van der Waals surface area (Å²) in [7, 11) is 0. The van der Waals surface area contributed by atoms with Crippen LogP contribution in [0.4, 0.5) is 0 Å². The van der Waals surface area contributed by atoms with Crippen molar-refractivity contribution in [2.45, 2.75) is 63.5 Å². The third kappa shape index (κ3) is 4.83. The molecule has 0 N–H and O–H groups in total. The van der Waals surface area contributed by atoms with Crippen molar-refractivity contribution in [3.63, 3.8) is 0 Å². The maximum atomic E-state index is 12.1. The monoisotopic (exact) mass is 369 g/mol. The van der Waals surface area contributed by atoms with Crippen molar-refractivity contribution >= 4 is 33.5 Å². The molecule has 0 saturated heterocycles. The van der Waals surface area contributed by atoms with Gasteiger partial charge in [0, 0.05) is 10.0 Å². The molecule has 2 nitrogen and oxygen atoms in total. The SMILES string of the molecule is CC(C)(C)[S+]([O-])N=Cc1cc(Br)ccc1C1CCCCC1. The smallest absolute Gasteiger partial charge is 0.144 e. The molecule has 1 aromatic rings. The Morgan fingerprint density at radius 3 is 2.52 bits per heavy atom. The summed E-state index contributed by atoms with van der Waals surface area (Å²) in [5, 5.41) is 0. The number of hydrogen-bond acceptors (Lipinski definition) is 2. The lowest BCUT2D eigenvalue weighted by Gasteiger charge is -2.23. The molecule has 1 aliphatic carbocycles. The highest BCUT2D eigenvalue weighted by atomic mass is 79.9.